The van der Waals surface area contributed by atoms with Gasteiger partial charge in [-0.1, -0.05) is 35.7 Å². The molecule has 0 amide bonds. The van der Waals surface area contributed by atoms with Gasteiger partial charge in [-0.25, -0.2) is 4.79 Å². The predicted octanol–water partition coefficient (Wildman–Crippen LogP) is 2.15. The van der Waals surface area contributed by atoms with Crippen molar-refractivity contribution in [2.24, 2.45) is 20.0 Å². The lowest BCUT2D eigenvalue weighted by molar-refractivity contribution is 0.163. The highest BCUT2D eigenvalue weighted by Crippen LogP contribution is 2.25. The Morgan fingerprint density at radius 3 is 2.38 bits per heavy atom. The summed E-state index contributed by atoms with van der Waals surface area (Å²) >= 11 is 11.9. The van der Waals surface area contributed by atoms with Crippen LogP contribution in [0.25, 0.3) is 11.2 Å². The number of aromatic nitrogens is 4. The van der Waals surface area contributed by atoms with Crippen LogP contribution in [0.1, 0.15) is 24.8 Å². The number of benzene rings is 1. The molecule has 0 bridgehead atoms. The molecule has 1 aliphatic carbocycles. The molecule has 156 valence electrons. The lowest BCUT2D eigenvalue weighted by atomic mass is 9.86. The monoisotopic (exact) mass is 439 g/mol. The van der Waals surface area contributed by atoms with E-state index in [1.54, 1.807) is 32.3 Å². The Bertz CT molecular complexity index is 1160. The van der Waals surface area contributed by atoms with Crippen molar-refractivity contribution in [2.75, 3.05) is 12.3 Å². The van der Waals surface area contributed by atoms with Gasteiger partial charge in [-0.05, 0) is 36.5 Å². The maximum atomic E-state index is 12.7. The number of rotatable bonds is 3. The lowest BCUT2D eigenvalue weighted by Gasteiger charge is -2.21. The third-order valence-corrected chi connectivity index (χ3v) is 5.94. The molecule has 0 radical (unpaired) electrons. The first-order valence-corrected chi connectivity index (χ1v) is 9.96. The van der Waals surface area contributed by atoms with Gasteiger partial charge in [0.15, 0.2) is 11.2 Å². The van der Waals surface area contributed by atoms with E-state index in [9.17, 15) is 9.59 Å². The van der Waals surface area contributed by atoms with Gasteiger partial charge in [-0.3, -0.25) is 13.9 Å². The second kappa shape index (κ2) is 8.61. The fourth-order valence-corrected chi connectivity index (χ4v) is 3.42. The number of fused-ring (bicyclic) bond motifs is 1. The second-order valence-corrected chi connectivity index (χ2v) is 7.98. The molecule has 0 spiro atoms. The number of anilines is 1. The summed E-state index contributed by atoms with van der Waals surface area (Å²) in [4.78, 5) is 29.2. The van der Waals surface area contributed by atoms with E-state index in [0.717, 1.165) is 4.57 Å². The fraction of sp³-hybridized carbons (Fsp3) is 0.421. The minimum absolute atomic E-state index is 0.0728. The summed E-state index contributed by atoms with van der Waals surface area (Å²) in [7, 11) is 3.17. The van der Waals surface area contributed by atoms with Crippen molar-refractivity contribution in [1.82, 2.24) is 18.7 Å². The van der Waals surface area contributed by atoms with Crippen LogP contribution in [0.3, 0.4) is 0 Å². The van der Waals surface area contributed by atoms with Gasteiger partial charge in [0.25, 0.3) is 5.56 Å². The SMILES string of the molecule is Cn1c(N)nc2c1c(=O)n(Cc1ccc(Cl)c(Cl)c1)c(=O)n2C.OCC1CCC1. The van der Waals surface area contributed by atoms with E-state index in [2.05, 4.69) is 4.98 Å². The number of nitrogens with two attached hydrogens (primary N) is 1. The average Bonchev–Trinajstić information content (AvgIpc) is 2.95. The molecule has 10 heteroatoms. The molecule has 0 atom stereocenters. The highest BCUT2D eigenvalue weighted by molar-refractivity contribution is 6.42. The van der Waals surface area contributed by atoms with Crippen LogP contribution in [0.15, 0.2) is 27.8 Å². The molecule has 8 nitrogen and oxygen atoms in total. The van der Waals surface area contributed by atoms with Crippen LogP contribution in [0, 0.1) is 5.92 Å². The minimum atomic E-state index is -0.480. The zero-order valence-electron chi connectivity index (χ0n) is 16.2. The van der Waals surface area contributed by atoms with Gasteiger partial charge < -0.3 is 15.4 Å². The molecule has 29 heavy (non-hydrogen) atoms. The number of aryl methyl sites for hydroxylation is 2. The largest absolute Gasteiger partial charge is 0.396 e. The van der Waals surface area contributed by atoms with E-state index in [4.69, 9.17) is 34.0 Å². The Balaban J connectivity index is 0.000000343. The lowest BCUT2D eigenvalue weighted by Crippen LogP contribution is -2.39. The minimum Gasteiger partial charge on any atom is -0.396 e. The standard InChI is InChI=1S/C14H13Cl2N5O2.C5H10O/c1-19-10-11(18-13(19)17)20(2)14(23)21(12(10)22)6-7-3-4-8(15)9(16)5-7;6-4-5-2-1-3-5/h3-5H,6H2,1-2H3,(H2,17,18);5-6H,1-4H2. The number of aliphatic hydroxyl groups is 1. The summed E-state index contributed by atoms with van der Waals surface area (Å²) < 4.78 is 3.87. The average molecular weight is 440 g/mol. The van der Waals surface area contributed by atoms with Gasteiger partial charge >= 0.3 is 5.69 Å². The highest BCUT2D eigenvalue weighted by Gasteiger charge is 2.17. The maximum Gasteiger partial charge on any atom is 0.332 e. The summed E-state index contributed by atoms with van der Waals surface area (Å²) in [5, 5.41) is 9.15. The topological polar surface area (TPSA) is 108 Å². The first-order chi connectivity index (χ1) is 13.7. The molecule has 1 aliphatic rings. The van der Waals surface area contributed by atoms with Gasteiger partial charge in [-0.2, -0.15) is 4.98 Å². The third-order valence-electron chi connectivity index (χ3n) is 5.20. The number of hydrogen-bond acceptors (Lipinski definition) is 5. The quantitative estimate of drug-likeness (QED) is 0.649. The van der Waals surface area contributed by atoms with E-state index in [0.29, 0.717) is 28.1 Å². The molecule has 2 aromatic heterocycles. The smallest absolute Gasteiger partial charge is 0.332 e. The molecule has 4 rings (SSSR count). The fourth-order valence-electron chi connectivity index (χ4n) is 3.10. The molecular formula is C19H23Cl2N5O3. The molecule has 1 aromatic carbocycles. The van der Waals surface area contributed by atoms with Crippen molar-refractivity contribution in [3.05, 3.63) is 54.6 Å². The normalized spacial score (nSPS) is 13.8. The maximum absolute atomic E-state index is 12.7. The van der Waals surface area contributed by atoms with Crippen molar-refractivity contribution >= 4 is 40.3 Å². The number of halogens is 2. The first-order valence-electron chi connectivity index (χ1n) is 9.21. The van der Waals surface area contributed by atoms with Crippen molar-refractivity contribution < 1.29 is 5.11 Å². The van der Waals surface area contributed by atoms with Gasteiger partial charge in [0, 0.05) is 20.7 Å². The molecule has 1 saturated carbocycles. The third kappa shape index (κ3) is 4.19. The molecule has 0 unspecified atom stereocenters. The molecule has 3 aromatic rings. The van der Waals surface area contributed by atoms with Crippen LogP contribution in [0.5, 0.6) is 0 Å². The van der Waals surface area contributed by atoms with Crippen LogP contribution in [0.2, 0.25) is 10.0 Å². The van der Waals surface area contributed by atoms with Crippen LogP contribution in [-0.2, 0) is 20.6 Å². The molecule has 0 saturated heterocycles. The second-order valence-electron chi connectivity index (χ2n) is 7.16. The van der Waals surface area contributed by atoms with Crippen LogP contribution in [-0.4, -0.2) is 30.4 Å². The molecule has 3 N–H and O–H groups in total. The Morgan fingerprint density at radius 2 is 1.86 bits per heavy atom. The molecule has 2 heterocycles. The summed E-state index contributed by atoms with van der Waals surface area (Å²) in [6.45, 7) is 0.490. The van der Waals surface area contributed by atoms with E-state index < -0.39 is 11.2 Å². The molecule has 0 aliphatic heterocycles. The van der Waals surface area contributed by atoms with Crippen LogP contribution >= 0.6 is 23.2 Å². The number of imidazole rings is 1. The Morgan fingerprint density at radius 1 is 1.17 bits per heavy atom. The first kappa shape index (κ1) is 21.4. The van der Waals surface area contributed by atoms with Crippen molar-refractivity contribution in [3.63, 3.8) is 0 Å². The summed E-state index contributed by atoms with van der Waals surface area (Å²) in [5.41, 5.74) is 6.01. The van der Waals surface area contributed by atoms with E-state index in [1.165, 1.54) is 28.4 Å². The zero-order chi connectivity index (χ0) is 21.3. The number of aliphatic hydroxyl groups excluding tert-OH is 1. The highest BCUT2D eigenvalue weighted by atomic mass is 35.5. The van der Waals surface area contributed by atoms with Crippen LogP contribution in [0.4, 0.5) is 5.95 Å². The van der Waals surface area contributed by atoms with Gasteiger partial charge in [0.1, 0.15) is 0 Å². The van der Waals surface area contributed by atoms with Crippen molar-refractivity contribution in [1.29, 1.82) is 0 Å². The number of nitrogen functional groups attached to an aromatic ring is 1. The zero-order valence-corrected chi connectivity index (χ0v) is 17.7. The summed E-state index contributed by atoms with van der Waals surface area (Å²) in [6, 6.07) is 4.95. The molecular weight excluding hydrogens is 417 g/mol. The predicted molar refractivity (Wildman–Crippen MR) is 115 cm³/mol. The Labute approximate surface area is 177 Å². The van der Waals surface area contributed by atoms with Crippen molar-refractivity contribution in [2.45, 2.75) is 25.8 Å². The molecule has 1 fully saturated rings. The number of nitrogens with zero attached hydrogens (tertiary/aromatic N) is 4. The number of hydrogen-bond donors (Lipinski definition) is 2. The van der Waals surface area contributed by atoms with Gasteiger partial charge in [0.2, 0.25) is 5.95 Å². The summed E-state index contributed by atoms with van der Waals surface area (Å²) in [6.07, 6.45) is 3.86. The van der Waals surface area contributed by atoms with E-state index in [1.807, 2.05) is 0 Å². The van der Waals surface area contributed by atoms with Crippen molar-refractivity contribution in [3.8, 4) is 0 Å². The Kier molecular flexibility index (Phi) is 6.36. The summed E-state index contributed by atoms with van der Waals surface area (Å²) in [5.74, 6) is 0.837. The van der Waals surface area contributed by atoms with Gasteiger partial charge in [-0.15, -0.1) is 0 Å². The van der Waals surface area contributed by atoms with Crippen LogP contribution < -0.4 is 17.0 Å². The van der Waals surface area contributed by atoms with Gasteiger partial charge in [0.05, 0.1) is 16.6 Å². The van der Waals surface area contributed by atoms with E-state index in [-0.39, 0.29) is 23.7 Å². The Hall–Kier alpha value is -2.29. The van der Waals surface area contributed by atoms with E-state index >= 15 is 0 Å².